The number of rotatable bonds is 6. The average Bonchev–Trinajstić information content (AvgIpc) is 2.85. The third-order valence-corrected chi connectivity index (χ3v) is 7.32. The van der Waals surface area contributed by atoms with Crippen LogP contribution in [0.25, 0.3) is 33.3 Å². The number of benzene rings is 2. The lowest BCUT2D eigenvalue weighted by molar-refractivity contribution is 0.376. The summed E-state index contributed by atoms with van der Waals surface area (Å²) < 4.78 is 13.9. The summed E-state index contributed by atoms with van der Waals surface area (Å²) in [6.45, 7) is 7.00. The number of nitrogens with zero attached hydrogens (tertiary/aromatic N) is 2. The Bertz CT molecular complexity index is 1390. The molecule has 0 saturated carbocycles. The molecule has 0 amide bonds. The van der Waals surface area contributed by atoms with Crippen molar-refractivity contribution in [2.45, 2.75) is 65.3 Å². The summed E-state index contributed by atoms with van der Waals surface area (Å²) in [6, 6.07) is 13.9. The van der Waals surface area contributed by atoms with E-state index in [1.807, 2.05) is 12.3 Å². The number of aromatic nitrogens is 2. The van der Waals surface area contributed by atoms with Crippen LogP contribution in [-0.4, -0.2) is 27.7 Å². The number of pyridine rings is 2. The van der Waals surface area contributed by atoms with E-state index in [4.69, 9.17) is 4.98 Å². The summed E-state index contributed by atoms with van der Waals surface area (Å²) in [5.41, 5.74) is 8.20. The topological polar surface area (TPSA) is 58.0 Å². The predicted octanol–water partition coefficient (Wildman–Crippen LogP) is 7.20. The van der Waals surface area contributed by atoms with Crippen molar-refractivity contribution in [1.82, 2.24) is 15.3 Å². The van der Waals surface area contributed by atoms with Gasteiger partial charge in [0.2, 0.25) is 0 Å². The minimum Gasteiger partial charge on any atom is -0.507 e. The average molecular weight is 484 g/mol. The monoisotopic (exact) mass is 483 g/mol. The summed E-state index contributed by atoms with van der Waals surface area (Å²) in [6.07, 6.45) is 8.89. The molecule has 0 aliphatic carbocycles. The van der Waals surface area contributed by atoms with Gasteiger partial charge in [0.25, 0.3) is 0 Å². The molecule has 4 nitrogen and oxygen atoms in total. The number of nitrogens with one attached hydrogen (secondary N) is 1. The zero-order valence-corrected chi connectivity index (χ0v) is 21.4. The molecule has 186 valence electrons. The minimum absolute atomic E-state index is 0.102. The Labute approximate surface area is 212 Å². The molecule has 0 spiro atoms. The van der Waals surface area contributed by atoms with Crippen molar-refractivity contribution in [1.29, 1.82) is 0 Å². The van der Waals surface area contributed by atoms with Gasteiger partial charge in [-0.1, -0.05) is 35.7 Å². The van der Waals surface area contributed by atoms with Gasteiger partial charge in [-0.05, 0) is 88.7 Å². The number of aryl methyl sites for hydroxylation is 4. The molecule has 2 aromatic carbocycles. The Morgan fingerprint density at radius 1 is 1.00 bits per heavy atom. The zero-order chi connectivity index (χ0) is 25.2. The van der Waals surface area contributed by atoms with E-state index in [1.165, 1.54) is 42.0 Å². The van der Waals surface area contributed by atoms with Gasteiger partial charge in [0.15, 0.2) is 0 Å². The Hall–Kier alpha value is -3.31. The molecule has 0 radical (unpaired) electrons. The van der Waals surface area contributed by atoms with Crippen molar-refractivity contribution in [3.63, 3.8) is 0 Å². The predicted molar refractivity (Wildman–Crippen MR) is 145 cm³/mol. The Morgan fingerprint density at radius 2 is 1.81 bits per heavy atom. The van der Waals surface area contributed by atoms with E-state index in [0.717, 1.165) is 47.8 Å². The van der Waals surface area contributed by atoms with Crippen LogP contribution in [0.15, 0.2) is 48.7 Å². The highest BCUT2D eigenvalue weighted by atomic mass is 19.1. The van der Waals surface area contributed by atoms with Crippen LogP contribution in [0.2, 0.25) is 0 Å². The fraction of sp³-hybridized carbons (Fsp3) is 0.355. The van der Waals surface area contributed by atoms with Gasteiger partial charge in [-0.2, -0.15) is 0 Å². The van der Waals surface area contributed by atoms with Crippen molar-refractivity contribution in [3.05, 3.63) is 76.9 Å². The normalized spacial score (nSPS) is 15.9. The molecule has 36 heavy (non-hydrogen) atoms. The molecular formula is C31H34FN3O. The number of piperidine rings is 1. The van der Waals surface area contributed by atoms with Crippen LogP contribution < -0.4 is 5.32 Å². The van der Waals surface area contributed by atoms with Gasteiger partial charge in [0.05, 0.1) is 16.9 Å². The SMILES string of the molecule is Cc1cc(C)cc(-c2cnc3cc(O)c(-c4ccc(F)c(C)n4)cc3c2CCCC2CCCCN2)c1. The van der Waals surface area contributed by atoms with Crippen LogP contribution in [0.4, 0.5) is 4.39 Å². The lowest BCUT2D eigenvalue weighted by atomic mass is 9.90. The number of halogens is 1. The summed E-state index contributed by atoms with van der Waals surface area (Å²) >= 11 is 0. The number of aromatic hydroxyl groups is 1. The van der Waals surface area contributed by atoms with E-state index in [9.17, 15) is 9.50 Å². The number of hydrogen-bond acceptors (Lipinski definition) is 4. The maximum absolute atomic E-state index is 13.9. The zero-order valence-electron chi connectivity index (χ0n) is 21.4. The Balaban J connectivity index is 1.62. The minimum atomic E-state index is -0.352. The fourth-order valence-corrected chi connectivity index (χ4v) is 5.53. The summed E-state index contributed by atoms with van der Waals surface area (Å²) in [5.74, 6) is -0.250. The first-order valence-corrected chi connectivity index (χ1v) is 13.0. The van der Waals surface area contributed by atoms with Gasteiger partial charge in [0.1, 0.15) is 11.6 Å². The first-order valence-electron chi connectivity index (χ1n) is 13.0. The number of hydrogen-bond donors (Lipinski definition) is 2. The van der Waals surface area contributed by atoms with Crippen molar-refractivity contribution in [2.24, 2.45) is 0 Å². The maximum Gasteiger partial charge on any atom is 0.144 e. The van der Waals surface area contributed by atoms with Gasteiger partial charge in [-0.15, -0.1) is 0 Å². The van der Waals surface area contributed by atoms with E-state index in [2.05, 4.69) is 42.3 Å². The molecule has 4 aromatic rings. The second-order valence-electron chi connectivity index (χ2n) is 10.2. The first kappa shape index (κ1) is 24.4. The van der Waals surface area contributed by atoms with E-state index >= 15 is 0 Å². The largest absolute Gasteiger partial charge is 0.507 e. The molecule has 1 unspecified atom stereocenters. The molecule has 5 heteroatoms. The number of phenolic OH excluding ortho intramolecular Hbond substituents is 1. The van der Waals surface area contributed by atoms with Crippen molar-refractivity contribution in [3.8, 4) is 28.1 Å². The van der Waals surface area contributed by atoms with Crippen LogP contribution >= 0.6 is 0 Å². The van der Waals surface area contributed by atoms with Crippen LogP contribution in [0.3, 0.4) is 0 Å². The van der Waals surface area contributed by atoms with Gasteiger partial charge in [0, 0.05) is 34.8 Å². The molecular weight excluding hydrogens is 449 g/mol. The van der Waals surface area contributed by atoms with Gasteiger partial charge < -0.3 is 10.4 Å². The van der Waals surface area contributed by atoms with Crippen LogP contribution in [0.1, 0.15) is 54.5 Å². The summed E-state index contributed by atoms with van der Waals surface area (Å²) in [5, 5.41) is 15.5. The lowest BCUT2D eigenvalue weighted by Crippen LogP contribution is -2.33. The Morgan fingerprint density at radius 3 is 2.53 bits per heavy atom. The highest BCUT2D eigenvalue weighted by Gasteiger charge is 2.18. The highest BCUT2D eigenvalue weighted by molar-refractivity contribution is 5.93. The molecule has 1 atom stereocenters. The van der Waals surface area contributed by atoms with E-state index in [-0.39, 0.29) is 11.6 Å². The standard InChI is InChI=1S/C31H34FN3O/c1-19-13-20(2)15-22(14-19)27-18-34-30-17-31(36)26(29-11-10-28(32)21(3)35-29)16-25(30)24(27)9-6-8-23-7-4-5-12-33-23/h10-11,13-18,23,33,36H,4-9,12H2,1-3H3. The molecule has 1 fully saturated rings. The number of phenols is 1. The quantitative estimate of drug-likeness (QED) is 0.304. The van der Waals surface area contributed by atoms with Gasteiger partial charge in [-0.25, -0.2) is 9.37 Å². The van der Waals surface area contributed by atoms with Gasteiger partial charge in [-0.3, -0.25) is 4.98 Å². The maximum atomic E-state index is 13.9. The molecule has 5 rings (SSSR count). The van der Waals surface area contributed by atoms with Crippen LogP contribution in [0.5, 0.6) is 5.75 Å². The van der Waals surface area contributed by atoms with Gasteiger partial charge >= 0.3 is 0 Å². The second kappa shape index (κ2) is 10.4. The summed E-state index contributed by atoms with van der Waals surface area (Å²) in [4.78, 5) is 9.15. The molecule has 2 aromatic heterocycles. The molecule has 1 aliphatic rings. The van der Waals surface area contributed by atoms with Crippen molar-refractivity contribution in [2.75, 3.05) is 6.54 Å². The van der Waals surface area contributed by atoms with Crippen LogP contribution in [-0.2, 0) is 6.42 Å². The smallest absolute Gasteiger partial charge is 0.144 e. The molecule has 2 N–H and O–H groups in total. The van der Waals surface area contributed by atoms with Crippen LogP contribution in [0, 0.1) is 26.6 Å². The van der Waals surface area contributed by atoms with E-state index < -0.39 is 0 Å². The number of fused-ring (bicyclic) bond motifs is 1. The third kappa shape index (κ3) is 5.12. The molecule has 0 bridgehead atoms. The Kier molecular flexibility index (Phi) is 7.01. The molecule has 1 saturated heterocycles. The summed E-state index contributed by atoms with van der Waals surface area (Å²) in [7, 11) is 0. The first-order chi connectivity index (χ1) is 17.4. The highest BCUT2D eigenvalue weighted by Crippen LogP contribution is 2.37. The van der Waals surface area contributed by atoms with Crippen molar-refractivity contribution >= 4 is 10.9 Å². The molecule has 3 heterocycles. The third-order valence-electron chi connectivity index (χ3n) is 7.32. The lowest BCUT2D eigenvalue weighted by Gasteiger charge is -2.23. The van der Waals surface area contributed by atoms with Crippen molar-refractivity contribution < 1.29 is 9.50 Å². The van der Waals surface area contributed by atoms with E-state index in [0.29, 0.717) is 23.0 Å². The fourth-order valence-electron chi connectivity index (χ4n) is 5.53. The second-order valence-corrected chi connectivity index (χ2v) is 10.2. The molecule has 1 aliphatic heterocycles. The van der Waals surface area contributed by atoms with E-state index in [1.54, 1.807) is 19.1 Å².